The van der Waals surface area contributed by atoms with Gasteiger partial charge in [-0.1, -0.05) is 48.5 Å². The summed E-state index contributed by atoms with van der Waals surface area (Å²) in [6.07, 6.45) is 0. The molecule has 0 atom stereocenters. The summed E-state index contributed by atoms with van der Waals surface area (Å²) in [5.41, 5.74) is 1.27. The monoisotopic (exact) mass is 268 g/mol. The lowest BCUT2D eigenvalue weighted by atomic mass is 10.1. The summed E-state index contributed by atoms with van der Waals surface area (Å²) >= 11 is 0. The lowest BCUT2D eigenvalue weighted by molar-refractivity contribution is -0.0841. The number of nitrogens with zero attached hydrogens (tertiary/aromatic N) is 2. The van der Waals surface area contributed by atoms with Crippen molar-refractivity contribution in [1.82, 2.24) is 5.06 Å². The Morgan fingerprint density at radius 3 is 1.90 bits per heavy atom. The van der Waals surface area contributed by atoms with Gasteiger partial charge in [0.2, 0.25) is 0 Å². The number of para-hydroxylation sites is 1. The molecule has 0 saturated heterocycles. The van der Waals surface area contributed by atoms with E-state index in [9.17, 15) is 5.21 Å². The van der Waals surface area contributed by atoms with Crippen LogP contribution in [0.15, 0.2) is 65.7 Å². The first-order valence-corrected chi connectivity index (χ1v) is 6.67. The molecule has 0 aliphatic rings. The molecule has 0 saturated carbocycles. The number of hydrogen-bond acceptors (Lipinski definition) is 2. The first kappa shape index (κ1) is 14.3. The molecule has 0 aromatic heterocycles. The Morgan fingerprint density at radius 2 is 1.40 bits per heavy atom. The number of hydroxylamine groups is 2. The lowest BCUT2D eigenvalue weighted by Crippen LogP contribution is -2.43. The minimum atomic E-state index is -0.427. The van der Waals surface area contributed by atoms with E-state index in [-0.39, 0.29) is 0 Å². The van der Waals surface area contributed by atoms with Crippen molar-refractivity contribution in [2.45, 2.75) is 26.3 Å². The fraction of sp³-hybridized carbons (Fsp3) is 0.235. The number of rotatable bonds is 2. The molecule has 3 heteroatoms. The summed E-state index contributed by atoms with van der Waals surface area (Å²) in [5.74, 6) is 0.546. The molecule has 2 aromatic rings. The summed E-state index contributed by atoms with van der Waals surface area (Å²) < 4.78 is 0. The van der Waals surface area contributed by atoms with Crippen LogP contribution in [0, 0.1) is 0 Å². The van der Waals surface area contributed by atoms with E-state index < -0.39 is 5.54 Å². The van der Waals surface area contributed by atoms with Crippen LogP contribution in [0.4, 0.5) is 5.69 Å². The zero-order chi connectivity index (χ0) is 14.6. The number of amidine groups is 1. The van der Waals surface area contributed by atoms with Crippen molar-refractivity contribution < 1.29 is 5.21 Å². The highest BCUT2D eigenvalue weighted by molar-refractivity contribution is 5.99. The van der Waals surface area contributed by atoms with E-state index in [1.165, 1.54) is 5.06 Å². The Bertz CT molecular complexity index is 571. The van der Waals surface area contributed by atoms with Crippen LogP contribution in [0.3, 0.4) is 0 Å². The lowest BCUT2D eigenvalue weighted by Gasteiger charge is -2.32. The van der Waals surface area contributed by atoms with Crippen LogP contribution in [-0.2, 0) is 0 Å². The molecular formula is C17H20N2O. The number of hydrogen-bond donors (Lipinski definition) is 1. The van der Waals surface area contributed by atoms with Crippen LogP contribution in [0.25, 0.3) is 0 Å². The van der Waals surface area contributed by atoms with Gasteiger partial charge in [-0.3, -0.25) is 5.21 Å². The maximum Gasteiger partial charge on any atom is 0.160 e. The molecule has 3 nitrogen and oxygen atoms in total. The zero-order valence-corrected chi connectivity index (χ0v) is 12.1. The molecule has 104 valence electrons. The average Bonchev–Trinajstić information content (AvgIpc) is 2.45. The van der Waals surface area contributed by atoms with Crippen molar-refractivity contribution >= 4 is 11.5 Å². The first-order valence-electron chi connectivity index (χ1n) is 6.67. The molecule has 0 aliphatic carbocycles. The molecule has 0 spiro atoms. The smallest absolute Gasteiger partial charge is 0.160 e. The van der Waals surface area contributed by atoms with E-state index in [1.807, 2.05) is 81.4 Å². The Hall–Kier alpha value is -2.13. The zero-order valence-electron chi connectivity index (χ0n) is 12.1. The van der Waals surface area contributed by atoms with Crippen molar-refractivity contribution in [3.8, 4) is 0 Å². The van der Waals surface area contributed by atoms with Gasteiger partial charge in [0.1, 0.15) is 0 Å². The molecule has 0 radical (unpaired) electrons. The van der Waals surface area contributed by atoms with Gasteiger partial charge in [-0.2, -0.15) is 0 Å². The van der Waals surface area contributed by atoms with Crippen LogP contribution in [0.2, 0.25) is 0 Å². The Labute approximate surface area is 120 Å². The van der Waals surface area contributed by atoms with Gasteiger partial charge in [-0.15, -0.1) is 0 Å². The second-order valence-electron chi connectivity index (χ2n) is 5.62. The molecular weight excluding hydrogens is 248 g/mol. The van der Waals surface area contributed by atoms with Crippen LogP contribution in [-0.4, -0.2) is 21.6 Å². The molecule has 1 N–H and O–H groups in total. The standard InChI is InChI=1S/C17H20N2O/c1-17(2,3)19(20)16(14-10-6-4-7-11-14)18-15-12-8-5-9-13-15/h4-13,20H,1-3H3. The Balaban J connectivity index is 2.48. The minimum Gasteiger partial charge on any atom is -0.286 e. The topological polar surface area (TPSA) is 35.8 Å². The maximum absolute atomic E-state index is 10.5. The van der Waals surface area contributed by atoms with Crippen LogP contribution in [0.5, 0.6) is 0 Å². The quantitative estimate of drug-likeness (QED) is 0.502. The molecule has 2 aromatic carbocycles. The Morgan fingerprint density at radius 1 is 0.900 bits per heavy atom. The predicted octanol–water partition coefficient (Wildman–Crippen LogP) is 4.25. The van der Waals surface area contributed by atoms with Gasteiger partial charge >= 0.3 is 0 Å². The Kier molecular flexibility index (Phi) is 4.20. The van der Waals surface area contributed by atoms with Crippen LogP contribution < -0.4 is 0 Å². The third-order valence-electron chi connectivity index (χ3n) is 2.86. The molecule has 2 rings (SSSR count). The van der Waals surface area contributed by atoms with Crippen molar-refractivity contribution in [1.29, 1.82) is 0 Å². The number of benzene rings is 2. The van der Waals surface area contributed by atoms with E-state index in [4.69, 9.17) is 0 Å². The van der Waals surface area contributed by atoms with E-state index in [0.29, 0.717) is 5.84 Å². The molecule has 0 bridgehead atoms. The van der Waals surface area contributed by atoms with Crippen LogP contribution >= 0.6 is 0 Å². The van der Waals surface area contributed by atoms with Crippen molar-refractivity contribution in [3.05, 3.63) is 66.2 Å². The number of aliphatic imine (C=N–C) groups is 1. The summed E-state index contributed by atoms with van der Waals surface area (Å²) in [4.78, 5) is 4.59. The van der Waals surface area contributed by atoms with Gasteiger partial charge in [-0.25, -0.2) is 10.1 Å². The highest BCUT2D eigenvalue weighted by atomic mass is 16.5. The van der Waals surface area contributed by atoms with Crippen molar-refractivity contribution in [2.24, 2.45) is 4.99 Å². The van der Waals surface area contributed by atoms with Gasteiger partial charge in [0.05, 0.1) is 11.2 Å². The second-order valence-corrected chi connectivity index (χ2v) is 5.62. The summed E-state index contributed by atoms with van der Waals surface area (Å²) in [7, 11) is 0. The van der Waals surface area contributed by atoms with E-state index in [0.717, 1.165) is 11.3 Å². The second kappa shape index (κ2) is 5.88. The maximum atomic E-state index is 10.5. The normalized spacial score (nSPS) is 12.3. The molecule has 0 unspecified atom stereocenters. The highest BCUT2D eigenvalue weighted by Gasteiger charge is 2.24. The SMILES string of the molecule is CC(C)(C)N(O)C(=Nc1ccccc1)c1ccccc1. The molecule has 0 fully saturated rings. The molecule has 20 heavy (non-hydrogen) atoms. The van der Waals surface area contributed by atoms with E-state index >= 15 is 0 Å². The van der Waals surface area contributed by atoms with Gasteiger partial charge in [0.15, 0.2) is 5.84 Å². The summed E-state index contributed by atoms with van der Waals surface area (Å²) in [6, 6.07) is 19.3. The summed E-state index contributed by atoms with van der Waals surface area (Å²) in [6.45, 7) is 5.82. The fourth-order valence-corrected chi connectivity index (χ4v) is 1.76. The summed E-state index contributed by atoms with van der Waals surface area (Å²) in [5, 5.41) is 11.7. The highest BCUT2D eigenvalue weighted by Crippen LogP contribution is 2.19. The van der Waals surface area contributed by atoms with E-state index in [2.05, 4.69) is 4.99 Å². The predicted molar refractivity (Wildman–Crippen MR) is 82.5 cm³/mol. The van der Waals surface area contributed by atoms with Gasteiger partial charge in [-0.05, 0) is 32.9 Å². The molecule has 0 heterocycles. The van der Waals surface area contributed by atoms with Crippen LogP contribution in [0.1, 0.15) is 26.3 Å². The third kappa shape index (κ3) is 3.45. The van der Waals surface area contributed by atoms with Gasteiger partial charge in [0, 0.05) is 5.56 Å². The minimum absolute atomic E-state index is 0.427. The van der Waals surface area contributed by atoms with E-state index in [1.54, 1.807) is 0 Å². The van der Waals surface area contributed by atoms with Crippen molar-refractivity contribution in [3.63, 3.8) is 0 Å². The van der Waals surface area contributed by atoms with Gasteiger partial charge in [0.25, 0.3) is 0 Å². The third-order valence-corrected chi connectivity index (χ3v) is 2.86. The average molecular weight is 268 g/mol. The van der Waals surface area contributed by atoms with Crippen molar-refractivity contribution in [2.75, 3.05) is 0 Å². The largest absolute Gasteiger partial charge is 0.286 e. The first-order chi connectivity index (χ1) is 9.48. The molecule has 0 aliphatic heterocycles. The molecule has 0 amide bonds. The fourth-order valence-electron chi connectivity index (χ4n) is 1.76. The van der Waals surface area contributed by atoms with Gasteiger partial charge < -0.3 is 0 Å².